The largest absolute Gasteiger partial charge is 0.344 e. The van der Waals surface area contributed by atoms with E-state index in [0.717, 1.165) is 22.4 Å². The van der Waals surface area contributed by atoms with Gasteiger partial charge in [-0.25, -0.2) is 4.98 Å². The number of nitrogens with zero attached hydrogens (tertiary/aromatic N) is 3. The number of aromatic nitrogens is 2. The molecule has 1 heterocycles. The highest BCUT2D eigenvalue weighted by Gasteiger charge is 2.25. The van der Waals surface area contributed by atoms with Crippen LogP contribution >= 0.6 is 11.6 Å². The number of fused-ring (bicyclic) bond motifs is 1. The highest BCUT2D eigenvalue weighted by Crippen LogP contribution is 2.30. The monoisotopic (exact) mass is 307 g/mol. The second kappa shape index (κ2) is 6.06. The zero-order valence-corrected chi connectivity index (χ0v) is 14.0. The van der Waals surface area contributed by atoms with E-state index in [1.54, 1.807) is 4.90 Å². The summed E-state index contributed by atoms with van der Waals surface area (Å²) in [6.45, 7) is 8.47. The number of alkyl halides is 1. The number of amides is 1. The predicted molar refractivity (Wildman–Crippen MR) is 86.8 cm³/mol. The van der Waals surface area contributed by atoms with Crippen molar-refractivity contribution >= 4 is 28.5 Å². The lowest BCUT2D eigenvalue weighted by Crippen LogP contribution is -2.33. The molecule has 0 fully saturated rings. The van der Waals surface area contributed by atoms with Gasteiger partial charge in [-0.15, -0.1) is 11.6 Å². The van der Waals surface area contributed by atoms with E-state index in [0.29, 0.717) is 6.54 Å². The molecule has 2 rings (SSSR count). The normalized spacial score (nSPS) is 14.2. The van der Waals surface area contributed by atoms with Crippen LogP contribution < -0.4 is 0 Å². The van der Waals surface area contributed by atoms with Crippen LogP contribution in [0.2, 0.25) is 0 Å². The van der Waals surface area contributed by atoms with Crippen molar-refractivity contribution < 1.29 is 4.79 Å². The number of para-hydroxylation sites is 1. The zero-order valence-electron chi connectivity index (χ0n) is 13.2. The van der Waals surface area contributed by atoms with Gasteiger partial charge >= 0.3 is 0 Å². The van der Waals surface area contributed by atoms with Gasteiger partial charge in [0.2, 0.25) is 5.91 Å². The molecule has 2 atom stereocenters. The molecule has 1 aromatic carbocycles. The fourth-order valence-electron chi connectivity index (χ4n) is 2.60. The number of aryl methyl sites for hydroxylation is 1. The molecule has 21 heavy (non-hydrogen) atoms. The van der Waals surface area contributed by atoms with Crippen molar-refractivity contribution in [3.05, 3.63) is 29.6 Å². The lowest BCUT2D eigenvalue weighted by atomic mass is 10.2. The van der Waals surface area contributed by atoms with Crippen molar-refractivity contribution in [1.29, 1.82) is 0 Å². The lowest BCUT2D eigenvalue weighted by Gasteiger charge is -2.23. The van der Waals surface area contributed by atoms with E-state index in [1.165, 1.54) is 0 Å². The number of carbonyl (C=O) groups is 1. The molecule has 114 valence electrons. The smallest absolute Gasteiger partial charge is 0.245 e. The van der Waals surface area contributed by atoms with Gasteiger partial charge in [0, 0.05) is 13.6 Å². The van der Waals surface area contributed by atoms with Crippen LogP contribution in [0.5, 0.6) is 0 Å². The fraction of sp³-hybridized carbons (Fsp3) is 0.500. The van der Waals surface area contributed by atoms with E-state index in [1.807, 2.05) is 57.5 Å². The minimum absolute atomic E-state index is 0.0682. The Hall–Kier alpha value is -1.55. The highest BCUT2D eigenvalue weighted by atomic mass is 35.5. The molecule has 0 saturated carbocycles. The first-order chi connectivity index (χ1) is 9.88. The Bertz CT molecular complexity index is 663. The van der Waals surface area contributed by atoms with E-state index in [2.05, 4.69) is 4.98 Å². The van der Waals surface area contributed by atoms with Gasteiger partial charge in [-0.3, -0.25) is 4.79 Å². The minimum Gasteiger partial charge on any atom is -0.344 e. The first-order valence-electron chi connectivity index (χ1n) is 7.25. The molecule has 5 heteroatoms. The standard InChI is InChI=1S/C16H22ClN3O/c1-6-19(5)16(21)12(4)20-14-10(2)8-7-9-13(14)18-15(20)11(3)17/h7-9,11-12H,6H2,1-5H3. The first kappa shape index (κ1) is 15.8. The van der Waals surface area contributed by atoms with Crippen LogP contribution in [0, 0.1) is 6.92 Å². The van der Waals surface area contributed by atoms with Gasteiger partial charge in [0.15, 0.2) is 0 Å². The summed E-state index contributed by atoms with van der Waals surface area (Å²) >= 11 is 6.29. The zero-order chi connectivity index (χ0) is 15.7. The molecule has 1 aromatic heterocycles. The summed E-state index contributed by atoms with van der Waals surface area (Å²) in [5.74, 6) is 0.810. The molecule has 2 unspecified atom stereocenters. The van der Waals surface area contributed by atoms with Gasteiger partial charge < -0.3 is 9.47 Å². The number of imidazole rings is 1. The van der Waals surface area contributed by atoms with E-state index in [-0.39, 0.29) is 17.3 Å². The highest BCUT2D eigenvalue weighted by molar-refractivity contribution is 6.20. The van der Waals surface area contributed by atoms with Gasteiger partial charge in [-0.2, -0.15) is 0 Å². The summed E-state index contributed by atoms with van der Waals surface area (Å²) in [5.41, 5.74) is 2.98. The molecule has 4 nitrogen and oxygen atoms in total. The molecule has 1 amide bonds. The molecule has 0 bridgehead atoms. The Labute approximate surface area is 130 Å². The van der Waals surface area contributed by atoms with Crippen LogP contribution in [0.3, 0.4) is 0 Å². The minimum atomic E-state index is -0.322. The Morgan fingerprint density at radius 3 is 2.67 bits per heavy atom. The molecule has 0 saturated heterocycles. The van der Waals surface area contributed by atoms with E-state index in [4.69, 9.17) is 11.6 Å². The third-order valence-electron chi connectivity index (χ3n) is 3.89. The second-order valence-corrected chi connectivity index (χ2v) is 6.08. The average Bonchev–Trinajstić information content (AvgIpc) is 2.86. The maximum Gasteiger partial charge on any atom is 0.245 e. The maximum absolute atomic E-state index is 12.5. The maximum atomic E-state index is 12.5. The van der Waals surface area contributed by atoms with Crippen LogP contribution in [0.1, 0.15) is 43.6 Å². The van der Waals surface area contributed by atoms with Gasteiger partial charge in [-0.1, -0.05) is 12.1 Å². The summed E-state index contributed by atoms with van der Waals surface area (Å²) in [6, 6.07) is 5.64. The predicted octanol–water partition coefficient (Wildman–Crippen LogP) is 3.68. The van der Waals surface area contributed by atoms with E-state index in [9.17, 15) is 4.79 Å². The number of likely N-dealkylation sites (N-methyl/N-ethyl adjacent to an activating group) is 1. The first-order valence-corrected chi connectivity index (χ1v) is 7.68. The fourth-order valence-corrected chi connectivity index (χ4v) is 2.75. The van der Waals surface area contributed by atoms with Crippen molar-refractivity contribution in [3.8, 4) is 0 Å². The molecule has 0 N–H and O–H groups in total. The van der Waals surface area contributed by atoms with Crippen LogP contribution in [0.25, 0.3) is 11.0 Å². The van der Waals surface area contributed by atoms with Gasteiger partial charge in [0.25, 0.3) is 0 Å². The third kappa shape index (κ3) is 2.77. The molecule has 2 aromatic rings. The average molecular weight is 308 g/mol. The second-order valence-electron chi connectivity index (χ2n) is 5.43. The Balaban J connectivity index is 2.65. The summed E-state index contributed by atoms with van der Waals surface area (Å²) in [7, 11) is 1.81. The number of hydrogen-bond donors (Lipinski definition) is 0. The molecule has 0 aliphatic carbocycles. The topological polar surface area (TPSA) is 38.1 Å². The van der Waals surface area contributed by atoms with Gasteiger partial charge in [0.1, 0.15) is 11.9 Å². The Morgan fingerprint density at radius 1 is 1.43 bits per heavy atom. The van der Waals surface area contributed by atoms with Crippen molar-refractivity contribution in [2.75, 3.05) is 13.6 Å². The number of benzene rings is 1. The van der Waals surface area contributed by atoms with Gasteiger partial charge in [-0.05, 0) is 39.3 Å². The molecule has 0 spiro atoms. The van der Waals surface area contributed by atoms with Crippen molar-refractivity contribution in [2.24, 2.45) is 0 Å². The van der Waals surface area contributed by atoms with Gasteiger partial charge in [0.05, 0.1) is 16.4 Å². The Kier molecular flexibility index (Phi) is 4.57. The number of carbonyl (C=O) groups excluding carboxylic acids is 1. The SMILES string of the molecule is CCN(C)C(=O)C(C)n1c(C(C)Cl)nc2cccc(C)c21. The quantitative estimate of drug-likeness (QED) is 0.808. The number of halogens is 1. The molecule has 0 aliphatic heterocycles. The number of hydrogen-bond acceptors (Lipinski definition) is 2. The third-order valence-corrected chi connectivity index (χ3v) is 4.09. The molecular weight excluding hydrogens is 286 g/mol. The Morgan fingerprint density at radius 2 is 2.10 bits per heavy atom. The van der Waals surface area contributed by atoms with Crippen LogP contribution in [0.4, 0.5) is 0 Å². The van der Waals surface area contributed by atoms with Crippen molar-refractivity contribution in [3.63, 3.8) is 0 Å². The summed E-state index contributed by atoms with van der Waals surface area (Å²) in [6.07, 6.45) is 0. The van der Waals surface area contributed by atoms with Crippen molar-refractivity contribution in [2.45, 2.75) is 39.1 Å². The summed E-state index contributed by atoms with van der Waals surface area (Å²) in [4.78, 5) is 18.9. The number of rotatable bonds is 4. The van der Waals surface area contributed by atoms with Crippen LogP contribution in [-0.4, -0.2) is 34.0 Å². The van der Waals surface area contributed by atoms with Crippen LogP contribution in [0.15, 0.2) is 18.2 Å². The van der Waals surface area contributed by atoms with E-state index < -0.39 is 0 Å². The van der Waals surface area contributed by atoms with E-state index >= 15 is 0 Å². The van der Waals surface area contributed by atoms with Crippen molar-refractivity contribution in [1.82, 2.24) is 14.5 Å². The van der Waals surface area contributed by atoms with Crippen LogP contribution in [-0.2, 0) is 4.79 Å². The molecule has 0 aliphatic rings. The summed E-state index contributed by atoms with van der Waals surface area (Å²) < 4.78 is 1.98. The molecule has 0 radical (unpaired) electrons. The lowest BCUT2D eigenvalue weighted by molar-refractivity contribution is -0.132. The summed E-state index contributed by atoms with van der Waals surface area (Å²) in [5, 5.41) is -0.251. The molecular formula is C16H22ClN3O.